The summed E-state index contributed by atoms with van der Waals surface area (Å²) >= 11 is 0. The highest BCUT2D eigenvalue weighted by Gasteiger charge is 2.28. The van der Waals surface area contributed by atoms with Gasteiger partial charge in [0.25, 0.3) is 0 Å². The molecule has 2 aromatic carbocycles. The molecule has 0 N–H and O–H groups in total. The Hall–Kier alpha value is -1.89. The minimum absolute atomic E-state index is 0.158. The topological polar surface area (TPSA) is 55.8 Å². The van der Waals surface area contributed by atoms with Crippen LogP contribution in [0, 0.1) is 0 Å². The first-order valence-corrected chi connectivity index (χ1v) is 9.24. The second-order valence-electron chi connectivity index (χ2n) is 5.84. The second kappa shape index (κ2) is 6.93. The maximum absolute atomic E-state index is 12.8. The van der Waals surface area contributed by atoms with E-state index < -0.39 is 10.0 Å². The zero-order valence-corrected chi connectivity index (χ0v) is 14.6. The minimum Gasteiger partial charge on any atom is -0.495 e. The maximum Gasteiger partial charge on any atom is 0.246 e. The number of hydrogen-bond acceptors (Lipinski definition) is 4. The Kier molecular flexibility index (Phi) is 4.89. The molecule has 1 aliphatic heterocycles. The van der Waals surface area contributed by atoms with Crippen molar-refractivity contribution in [1.82, 2.24) is 4.31 Å². The Balaban J connectivity index is 1.76. The lowest BCUT2D eigenvalue weighted by molar-refractivity contribution is 0.0202. The van der Waals surface area contributed by atoms with Crippen molar-refractivity contribution in [2.24, 2.45) is 0 Å². The van der Waals surface area contributed by atoms with Crippen LogP contribution in [0.3, 0.4) is 0 Å². The quantitative estimate of drug-likeness (QED) is 0.834. The summed E-state index contributed by atoms with van der Waals surface area (Å²) in [6.45, 7) is 0.818. The van der Waals surface area contributed by atoms with Gasteiger partial charge < -0.3 is 9.47 Å². The molecule has 0 bridgehead atoms. The van der Waals surface area contributed by atoms with Crippen LogP contribution in [-0.2, 0) is 27.8 Å². The molecule has 0 fully saturated rings. The minimum atomic E-state index is -3.63. The number of sulfonamides is 1. The molecule has 24 heavy (non-hydrogen) atoms. The average Bonchev–Trinajstić information content (AvgIpc) is 2.61. The van der Waals surface area contributed by atoms with Crippen LogP contribution >= 0.6 is 0 Å². The van der Waals surface area contributed by atoms with Crippen LogP contribution < -0.4 is 4.74 Å². The molecule has 128 valence electrons. The summed E-state index contributed by atoms with van der Waals surface area (Å²) in [7, 11) is -0.587. The highest BCUT2D eigenvalue weighted by atomic mass is 32.2. The fourth-order valence-electron chi connectivity index (χ4n) is 2.91. The van der Waals surface area contributed by atoms with Crippen LogP contribution in [0.2, 0.25) is 0 Å². The highest BCUT2D eigenvalue weighted by molar-refractivity contribution is 7.89. The molecule has 0 radical (unpaired) electrons. The molecule has 0 amide bonds. The Bertz CT molecular complexity index is 819. The van der Waals surface area contributed by atoms with Crippen LogP contribution in [0.25, 0.3) is 0 Å². The van der Waals surface area contributed by atoms with E-state index in [1.54, 1.807) is 31.3 Å². The van der Waals surface area contributed by atoms with E-state index in [1.807, 2.05) is 18.2 Å². The van der Waals surface area contributed by atoms with Gasteiger partial charge in [0.1, 0.15) is 10.6 Å². The molecule has 1 heterocycles. The van der Waals surface area contributed by atoms with Gasteiger partial charge in [-0.3, -0.25) is 0 Å². The molecule has 1 aliphatic rings. The third-order valence-corrected chi connectivity index (χ3v) is 6.12. The van der Waals surface area contributed by atoms with Crippen LogP contribution in [-0.4, -0.2) is 39.5 Å². The summed E-state index contributed by atoms with van der Waals surface area (Å²) in [4.78, 5) is 0.172. The molecule has 0 aliphatic carbocycles. The summed E-state index contributed by atoms with van der Waals surface area (Å²) in [5.74, 6) is 0.347. The van der Waals surface area contributed by atoms with Crippen molar-refractivity contribution in [2.45, 2.75) is 24.0 Å². The summed E-state index contributed by atoms with van der Waals surface area (Å²) in [6.07, 6.45) is 0.552. The van der Waals surface area contributed by atoms with Gasteiger partial charge >= 0.3 is 0 Å². The third kappa shape index (κ3) is 3.31. The lowest BCUT2D eigenvalue weighted by Gasteiger charge is -2.28. The number of hydrogen-bond donors (Lipinski definition) is 0. The van der Waals surface area contributed by atoms with Gasteiger partial charge in [0, 0.05) is 20.0 Å². The Labute approximate surface area is 142 Å². The normalized spacial score (nSPS) is 17.5. The SMILES string of the molecule is COc1ccccc1S(=O)(=O)N(C)C[C@@H]1Cc2ccccc2CO1. The predicted octanol–water partition coefficient (Wildman–Crippen LogP) is 2.46. The zero-order chi connectivity index (χ0) is 17.2. The van der Waals surface area contributed by atoms with Gasteiger partial charge in [0.15, 0.2) is 0 Å². The van der Waals surface area contributed by atoms with Crippen molar-refractivity contribution in [1.29, 1.82) is 0 Å². The number of para-hydroxylation sites is 1. The number of fused-ring (bicyclic) bond motifs is 1. The molecule has 5 nitrogen and oxygen atoms in total. The standard InChI is InChI=1S/C18H21NO4S/c1-19(24(20,21)18-10-6-5-9-17(18)22-2)12-16-11-14-7-3-4-8-15(14)13-23-16/h3-10,16H,11-13H2,1-2H3/t16-/m0/s1. The van der Waals surface area contributed by atoms with Gasteiger partial charge in [-0.05, 0) is 23.3 Å². The molecule has 0 saturated heterocycles. The zero-order valence-electron chi connectivity index (χ0n) is 13.8. The van der Waals surface area contributed by atoms with Crippen molar-refractivity contribution in [3.05, 3.63) is 59.7 Å². The summed E-state index contributed by atoms with van der Waals surface area (Å²) in [5, 5.41) is 0. The first-order valence-electron chi connectivity index (χ1n) is 7.80. The molecule has 3 rings (SSSR count). The lowest BCUT2D eigenvalue weighted by atomic mass is 9.99. The Morgan fingerprint density at radius 1 is 1.12 bits per heavy atom. The molecule has 1 atom stereocenters. The fraction of sp³-hybridized carbons (Fsp3) is 0.333. The summed E-state index contributed by atoms with van der Waals surface area (Å²) < 4.78 is 38.0. The summed E-state index contributed by atoms with van der Waals surface area (Å²) in [6, 6.07) is 14.7. The van der Waals surface area contributed by atoms with Crippen LogP contribution in [0.15, 0.2) is 53.4 Å². The molecule has 0 spiro atoms. The molecule has 0 saturated carbocycles. The highest BCUT2D eigenvalue weighted by Crippen LogP contribution is 2.27. The number of ether oxygens (including phenoxy) is 2. The van der Waals surface area contributed by atoms with E-state index in [0.29, 0.717) is 25.3 Å². The molecular weight excluding hydrogens is 326 g/mol. The van der Waals surface area contributed by atoms with E-state index in [4.69, 9.17) is 9.47 Å². The number of rotatable bonds is 5. The first kappa shape index (κ1) is 17.0. The smallest absolute Gasteiger partial charge is 0.246 e. The van der Waals surface area contributed by atoms with Gasteiger partial charge in [-0.2, -0.15) is 4.31 Å². The fourth-order valence-corrected chi connectivity index (χ4v) is 4.27. The number of nitrogens with zero attached hydrogens (tertiary/aromatic N) is 1. The van der Waals surface area contributed by atoms with Crippen molar-refractivity contribution < 1.29 is 17.9 Å². The van der Waals surface area contributed by atoms with E-state index >= 15 is 0 Å². The van der Waals surface area contributed by atoms with Crippen molar-refractivity contribution in [3.63, 3.8) is 0 Å². The Morgan fingerprint density at radius 3 is 2.54 bits per heavy atom. The maximum atomic E-state index is 12.8. The molecule has 6 heteroatoms. The predicted molar refractivity (Wildman–Crippen MR) is 91.5 cm³/mol. The van der Waals surface area contributed by atoms with Crippen LogP contribution in [0.5, 0.6) is 5.75 Å². The van der Waals surface area contributed by atoms with Crippen molar-refractivity contribution >= 4 is 10.0 Å². The van der Waals surface area contributed by atoms with E-state index in [9.17, 15) is 8.42 Å². The van der Waals surface area contributed by atoms with E-state index in [1.165, 1.54) is 22.5 Å². The molecule has 0 unspecified atom stereocenters. The molecule has 2 aromatic rings. The van der Waals surface area contributed by atoms with Crippen molar-refractivity contribution in [2.75, 3.05) is 20.7 Å². The van der Waals surface area contributed by atoms with Gasteiger partial charge in [-0.25, -0.2) is 8.42 Å². The summed E-state index contributed by atoms with van der Waals surface area (Å²) in [5.41, 5.74) is 2.39. The third-order valence-electron chi connectivity index (χ3n) is 4.26. The first-order chi connectivity index (χ1) is 11.5. The van der Waals surface area contributed by atoms with Crippen molar-refractivity contribution in [3.8, 4) is 5.75 Å². The van der Waals surface area contributed by atoms with Gasteiger partial charge in [0.2, 0.25) is 10.0 Å². The monoisotopic (exact) mass is 347 g/mol. The van der Waals surface area contributed by atoms with E-state index in [-0.39, 0.29) is 11.0 Å². The van der Waals surface area contributed by atoms with E-state index in [0.717, 1.165) is 0 Å². The van der Waals surface area contributed by atoms with E-state index in [2.05, 4.69) is 6.07 Å². The van der Waals surface area contributed by atoms with Crippen LogP contribution in [0.1, 0.15) is 11.1 Å². The number of methoxy groups -OCH3 is 1. The lowest BCUT2D eigenvalue weighted by Crippen LogP contribution is -2.38. The van der Waals surface area contributed by atoms with Gasteiger partial charge in [-0.15, -0.1) is 0 Å². The van der Waals surface area contributed by atoms with Crippen LogP contribution in [0.4, 0.5) is 0 Å². The number of likely N-dealkylation sites (N-methyl/N-ethyl adjacent to an activating group) is 1. The van der Waals surface area contributed by atoms with Gasteiger partial charge in [0.05, 0.1) is 19.8 Å². The second-order valence-corrected chi connectivity index (χ2v) is 7.86. The average molecular weight is 347 g/mol. The largest absolute Gasteiger partial charge is 0.495 e. The van der Waals surface area contributed by atoms with Gasteiger partial charge in [-0.1, -0.05) is 36.4 Å². The Morgan fingerprint density at radius 2 is 1.79 bits per heavy atom. The number of benzene rings is 2. The molecule has 0 aromatic heterocycles. The molecular formula is C18H21NO4S.